The lowest BCUT2D eigenvalue weighted by Crippen LogP contribution is -2.14. The van der Waals surface area contributed by atoms with E-state index in [-0.39, 0.29) is 18.5 Å². The van der Waals surface area contributed by atoms with Crippen LogP contribution in [0.15, 0.2) is 54.9 Å². The van der Waals surface area contributed by atoms with Crippen molar-refractivity contribution in [1.29, 1.82) is 0 Å². The highest BCUT2D eigenvalue weighted by atomic mass is 19.1. The third-order valence-corrected chi connectivity index (χ3v) is 4.13. The standard InChI is InChI=1S/C21H21FN2O2/c1-4-26-21(25)20-19(15-8-10-16(22)11-9-15)17(13-24(20)14(2)3)18-7-5-6-12-23-18/h5-14H,4H2,1-3H3. The number of nitrogens with zero attached hydrogens (tertiary/aromatic N) is 2. The van der Waals surface area contributed by atoms with Gasteiger partial charge < -0.3 is 9.30 Å². The zero-order chi connectivity index (χ0) is 18.7. The molecule has 0 radical (unpaired) electrons. The topological polar surface area (TPSA) is 44.1 Å². The molecule has 0 N–H and O–H groups in total. The molecular weight excluding hydrogens is 331 g/mol. The minimum Gasteiger partial charge on any atom is -0.461 e. The first-order valence-corrected chi connectivity index (χ1v) is 8.62. The van der Waals surface area contributed by atoms with Gasteiger partial charge >= 0.3 is 5.97 Å². The summed E-state index contributed by atoms with van der Waals surface area (Å²) in [6, 6.07) is 11.8. The summed E-state index contributed by atoms with van der Waals surface area (Å²) in [7, 11) is 0. The first kappa shape index (κ1) is 17.9. The predicted molar refractivity (Wildman–Crippen MR) is 99.4 cm³/mol. The SMILES string of the molecule is CCOC(=O)c1c(-c2ccc(F)cc2)c(-c2ccccn2)cn1C(C)C. The number of esters is 1. The monoisotopic (exact) mass is 352 g/mol. The lowest BCUT2D eigenvalue weighted by Gasteiger charge is -2.13. The number of ether oxygens (including phenoxy) is 1. The molecule has 3 aromatic rings. The van der Waals surface area contributed by atoms with Crippen LogP contribution >= 0.6 is 0 Å². The first-order valence-electron chi connectivity index (χ1n) is 8.62. The minimum atomic E-state index is -0.400. The summed E-state index contributed by atoms with van der Waals surface area (Å²) >= 11 is 0. The summed E-state index contributed by atoms with van der Waals surface area (Å²) in [4.78, 5) is 17.2. The summed E-state index contributed by atoms with van der Waals surface area (Å²) < 4.78 is 20.6. The molecule has 0 amide bonds. The zero-order valence-electron chi connectivity index (χ0n) is 15.1. The second kappa shape index (κ2) is 7.52. The molecule has 0 saturated heterocycles. The molecule has 5 heteroatoms. The second-order valence-electron chi connectivity index (χ2n) is 6.21. The van der Waals surface area contributed by atoms with Gasteiger partial charge in [-0.1, -0.05) is 18.2 Å². The van der Waals surface area contributed by atoms with Crippen molar-refractivity contribution in [2.45, 2.75) is 26.8 Å². The molecule has 1 aromatic carbocycles. The van der Waals surface area contributed by atoms with Crippen molar-refractivity contribution in [3.8, 4) is 22.4 Å². The molecule has 2 aromatic heterocycles. The van der Waals surface area contributed by atoms with Gasteiger partial charge in [-0.2, -0.15) is 0 Å². The highest BCUT2D eigenvalue weighted by Gasteiger charge is 2.26. The number of hydrogen-bond donors (Lipinski definition) is 0. The normalized spacial score (nSPS) is 11.0. The summed E-state index contributed by atoms with van der Waals surface area (Å²) in [5.41, 5.74) is 3.46. The van der Waals surface area contributed by atoms with Crippen LogP contribution in [0.5, 0.6) is 0 Å². The maximum atomic E-state index is 13.4. The molecule has 134 valence electrons. The Bertz CT molecular complexity index is 900. The number of hydrogen-bond acceptors (Lipinski definition) is 3. The van der Waals surface area contributed by atoms with Gasteiger partial charge in [0.05, 0.1) is 12.3 Å². The third kappa shape index (κ3) is 3.38. The van der Waals surface area contributed by atoms with E-state index >= 15 is 0 Å². The molecule has 0 aliphatic rings. The Morgan fingerprint density at radius 2 is 1.92 bits per heavy atom. The molecule has 2 heterocycles. The number of aromatic nitrogens is 2. The predicted octanol–water partition coefficient (Wildman–Crippen LogP) is 5.11. The number of carbonyl (C=O) groups excluding carboxylic acids is 1. The molecule has 0 aliphatic heterocycles. The average Bonchev–Trinajstić information content (AvgIpc) is 3.04. The number of pyridine rings is 1. The Labute approximate surface area is 152 Å². The summed E-state index contributed by atoms with van der Waals surface area (Å²) in [6.07, 6.45) is 3.62. The van der Waals surface area contributed by atoms with Crippen LogP contribution in [0, 0.1) is 5.82 Å². The van der Waals surface area contributed by atoms with E-state index in [0.29, 0.717) is 11.3 Å². The highest BCUT2D eigenvalue weighted by molar-refractivity contribution is 6.01. The van der Waals surface area contributed by atoms with Gasteiger partial charge in [0.25, 0.3) is 0 Å². The van der Waals surface area contributed by atoms with Crippen molar-refractivity contribution in [3.63, 3.8) is 0 Å². The van der Waals surface area contributed by atoms with Crippen LogP contribution in [0.2, 0.25) is 0 Å². The number of benzene rings is 1. The summed E-state index contributed by atoms with van der Waals surface area (Å²) in [5, 5.41) is 0. The Balaban J connectivity index is 2.32. The number of rotatable bonds is 5. The van der Waals surface area contributed by atoms with E-state index in [9.17, 15) is 9.18 Å². The number of halogens is 1. The fourth-order valence-corrected chi connectivity index (χ4v) is 2.96. The van der Waals surface area contributed by atoms with Crippen LogP contribution in [0.4, 0.5) is 4.39 Å². The fourth-order valence-electron chi connectivity index (χ4n) is 2.96. The molecule has 0 unspecified atom stereocenters. The Kier molecular flexibility index (Phi) is 5.16. The van der Waals surface area contributed by atoms with E-state index in [4.69, 9.17) is 4.74 Å². The maximum absolute atomic E-state index is 13.4. The number of carbonyl (C=O) groups is 1. The summed E-state index contributed by atoms with van der Waals surface area (Å²) in [6.45, 7) is 6.06. The van der Waals surface area contributed by atoms with Crippen molar-refractivity contribution < 1.29 is 13.9 Å². The molecule has 0 saturated carbocycles. The Morgan fingerprint density at radius 3 is 2.50 bits per heavy atom. The molecule has 4 nitrogen and oxygen atoms in total. The van der Waals surface area contributed by atoms with Gasteiger partial charge in [-0.05, 0) is 50.6 Å². The van der Waals surface area contributed by atoms with E-state index in [2.05, 4.69) is 4.98 Å². The molecule has 0 spiro atoms. The van der Waals surface area contributed by atoms with Gasteiger partial charge in [-0.25, -0.2) is 9.18 Å². The minimum absolute atomic E-state index is 0.0473. The smallest absolute Gasteiger partial charge is 0.355 e. The van der Waals surface area contributed by atoms with Crippen molar-refractivity contribution in [2.24, 2.45) is 0 Å². The van der Waals surface area contributed by atoms with Crippen LogP contribution in [0.25, 0.3) is 22.4 Å². The Morgan fingerprint density at radius 1 is 1.19 bits per heavy atom. The van der Waals surface area contributed by atoms with Crippen molar-refractivity contribution in [2.75, 3.05) is 6.61 Å². The molecule has 0 bridgehead atoms. The molecule has 0 fully saturated rings. The van der Waals surface area contributed by atoms with Gasteiger partial charge in [0, 0.05) is 29.6 Å². The average molecular weight is 352 g/mol. The molecule has 26 heavy (non-hydrogen) atoms. The Hall–Kier alpha value is -2.95. The van der Waals surface area contributed by atoms with Gasteiger partial charge in [-0.15, -0.1) is 0 Å². The van der Waals surface area contributed by atoms with Crippen LogP contribution in [0.1, 0.15) is 37.3 Å². The first-order chi connectivity index (χ1) is 12.5. The van der Waals surface area contributed by atoms with Gasteiger partial charge in [-0.3, -0.25) is 4.98 Å². The molecule has 0 aliphatic carbocycles. The summed E-state index contributed by atoms with van der Waals surface area (Å²) in [5.74, 6) is -0.725. The van der Waals surface area contributed by atoms with Gasteiger partial charge in [0.2, 0.25) is 0 Å². The lowest BCUT2D eigenvalue weighted by molar-refractivity contribution is 0.0513. The van der Waals surface area contributed by atoms with E-state index < -0.39 is 5.97 Å². The van der Waals surface area contributed by atoms with Crippen LogP contribution in [-0.2, 0) is 4.74 Å². The van der Waals surface area contributed by atoms with E-state index in [1.807, 2.05) is 42.8 Å². The second-order valence-corrected chi connectivity index (χ2v) is 6.21. The van der Waals surface area contributed by atoms with Crippen molar-refractivity contribution in [3.05, 3.63) is 66.4 Å². The van der Waals surface area contributed by atoms with Crippen molar-refractivity contribution >= 4 is 5.97 Å². The largest absolute Gasteiger partial charge is 0.461 e. The van der Waals surface area contributed by atoms with Crippen LogP contribution in [-0.4, -0.2) is 22.1 Å². The van der Waals surface area contributed by atoms with E-state index in [1.165, 1.54) is 12.1 Å². The van der Waals surface area contributed by atoms with Crippen LogP contribution < -0.4 is 0 Å². The molecule has 0 atom stereocenters. The van der Waals surface area contributed by atoms with Gasteiger partial charge in [0.1, 0.15) is 11.5 Å². The molecule has 3 rings (SSSR count). The third-order valence-electron chi connectivity index (χ3n) is 4.13. The quantitative estimate of drug-likeness (QED) is 0.599. The van der Waals surface area contributed by atoms with Crippen LogP contribution in [0.3, 0.4) is 0 Å². The molecular formula is C21H21FN2O2. The maximum Gasteiger partial charge on any atom is 0.355 e. The highest BCUT2D eigenvalue weighted by Crippen LogP contribution is 2.37. The zero-order valence-corrected chi connectivity index (χ0v) is 15.1. The van der Waals surface area contributed by atoms with E-state index in [0.717, 1.165) is 16.8 Å². The van der Waals surface area contributed by atoms with Gasteiger partial charge in [0.15, 0.2) is 0 Å². The van der Waals surface area contributed by atoms with Crippen molar-refractivity contribution in [1.82, 2.24) is 9.55 Å². The lowest BCUT2D eigenvalue weighted by atomic mass is 9.99. The van der Waals surface area contributed by atoms with E-state index in [1.54, 1.807) is 25.3 Å². The fraction of sp³-hybridized carbons (Fsp3) is 0.238.